The smallest absolute Gasteiger partial charge is 0.351 e. The molecule has 15 heavy (non-hydrogen) atoms. The van der Waals surface area contributed by atoms with Crippen LogP contribution in [0, 0.1) is 6.92 Å². The average molecular weight is 211 g/mol. The SMILES string of the molecule is Cc1cn([C@H]2CCCO2)c(=O)nc1NO. The average Bonchev–Trinajstić information content (AvgIpc) is 2.74. The van der Waals surface area contributed by atoms with Crippen LogP contribution in [-0.2, 0) is 4.74 Å². The van der Waals surface area contributed by atoms with Crippen LogP contribution in [0.2, 0.25) is 0 Å². The highest BCUT2D eigenvalue weighted by Gasteiger charge is 2.19. The topological polar surface area (TPSA) is 76.4 Å². The van der Waals surface area contributed by atoms with E-state index in [1.807, 2.05) is 5.48 Å². The molecule has 82 valence electrons. The fourth-order valence-corrected chi connectivity index (χ4v) is 1.67. The summed E-state index contributed by atoms with van der Waals surface area (Å²) in [7, 11) is 0. The minimum absolute atomic E-state index is 0.189. The second-order valence-electron chi connectivity index (χ2n) is 3.54. The molecule has 0 spiro atoms. The first-order valence-electron chi connectivity index (χ1n) is 4.84. The van der Waals surface area contributed by atoms with Crippen molar-refractivity contribution in [3.63, 3.8) is 0 Å². The number of aromatic nitrogens is 2. The van der Waals surface area contributed by atoms with Gasteiger partial charge in [-0.25, -0.2) is 4.79 Å². The van der Waals surface area contributed by atoms with Gasteiger partial charge in [0, 0.05) is 18.4 Å². The maximum Gasteiger partial charge on any atom is 0.351 e. The molecule has 1 aromatic rings. The first-order chi connectivity index (χ1) is 7.22. The fourth-order valence-electron chi connectivity index (χ4n) is 1.67. The molecule has 2 rings (SSSR count). The summed E-state index contributed by atoms with van der Waals surface area (Å²) in [6.07, 6.45) is 3.21. The highest BCUT2D eigenvalue weighted by atomic mass is 16.5. The van der Waals surface area contributed by atoms with Crippen molar-refractivity contribution < 1.29 is 9.94 Å². The molecule has 1 aromatic heterocycles. The Balaban J connectivity index is 2.40. The van der Waals surface area contributed by atoms with Crippen molar-refractivity contribution in [1.29, 1.82) is 0 Å². The van der Waals surface area contributed by atoms with Gasteiger partial charge in [-0.2, -0.15) is 4.98 Å². The molecule has 0 bridgehead atoms. The molecule has 0 radical (unpaired) electrons. The van der Waals surface area contributed by atoms with Gasteiger partial charge in [-0.3, -0.25) is 15.3 Å². The van der Waals surface area contributed by atoms with Gasteiger partial charge in [0.1, 0.15) is 6.23 Å². The molecular formula is C9H13N3O3. The second kappa shape index (κ2) is 4.00. The van der Waals surface area contributed by atoms with Crippen molar-refractivity contribution in [2.45, 2.75) is 26.0 Å². The molecule has 2 N–H and O–H groups in total. The number of anilines is 1. The Morgan fingerprint density at radius 1 is 1.73 bits per heavy atom. The number of nitrogens with one attached hydrogen (secondary N) is 1. The maximum atomic E-state index is 11.6. The Labute approximate surface area is 86.5 Å². The first kappa shape index (κ1) is 10.1. The normalized spacial score (nSPS) is 20.5. The van der Waals surface area contributed by atoms with E-state index in [1.54, 1.807) is 13.1 Å². The van der Waals surface area contributed by atoms with Crippen LogP contribution < -0.4 is 11.2 Å². The molecule has 0 amide bonds. The monoisotopic (exact) mass is 211 g/mol. The van der Waals surface area contributed by atoms with E-state index in [1.165, 1.54) is 4.57 Å². The summed E-state index contributed by atoms with van der Waals surface area (Å²) < 4.78 is 6.85. The lowest BCUT2D eigenvalue weighted by molar-refractivity contribution is 0.0526. The van der Waals surface area contributed by atoms with Gasteiger partial charge in [0.05, 0.1) is 0 Å². The van der Waals surface area contributed by atoms with Crippen LogP contribution in [-0.4, -0.2) is 21.4 Å². The third-order valence-corrected chi connectivity index (χ3v) is 2.46. The van der Waals surface area contributed by atoms with Crippen molar-refractivity contribution >= 4 is 5.82 Å². The lowest BCUT2D eigenvalue weighted by Crippen LogP contribution is -2.27. The van der Waals surface area contributed by atoms with Crippen LogP contribution in [0.4, 0.5) is 5.82 Å². The van der Waals surface area contributed by atoms with Gasteiger partial charge in [-0.15, -0.1) is 0 Å². The highest BCUT2D eigenvalue weighted by Crippen LogP contribution is 2.21. The summed E-state index contributed by atoms with van der Waals surface area (Å²) >= 11 is 0. The van der Waals surface area contributed by atoms with E-state index in [0.717, 1.165) is 12.8 Å². The summed E-state index contributed by atoms with van der Waals surface area (Å²) in [5.41, 5.74) is 2.18. The molecule has 0 aliphatic carbocycles. The molecule has 6 nitrogen and oxygen atoms in total. The largest absolute Gasteiger partial charge is 0.358 e. The molecule has 1 saturated heterocycles. The molecule has 2 heterocycles. The van der Waals surface area contributed by atoms with Crippen LogP contribution in [0.25, 0.3) is 0 Å². The van der Waals surface area contributed by atoms with E-state index in [4.69, 9.17) is 9.94 Å². The van der Waals surface area contributed by atoms with Crippen molar-refractivity contribution in [2.24, 2.45) is 0 Å². The Bertz CT molecular complexity index is 410. The number of aryl methyl sites for hydroxylation is 1. The van der Waals surface area contributed by atoms with Crippen LogP contribution in [0.1, 0.15) is 24.6 Å². The Hall–Kier alpha value is -1.40. The van der Waals surface area contributed by atoms with E-state index < -0.39 is 5.69 Å². The molecule has 0 aromatic carbocycles. The van der Waals surface area contributed by atoms with Crippen LogP contribution in [0.15, 0.2) is 11.0 Å². The number of rotatable bonds is 2. The molecule has 1 aliphatic heterocycles. The summed E-state index contributed by atoms with van der Waals surface area (Å²) in [6, 6.07) is 0. The third kappa shape index (κ3) is 1.86. The zero-order valence-electron chi connectivity index (χ0n) is 8.43. The quantitative estimate of drug-likeness (QED) is 0.703. The second-order valence-corrected chi connectivity index (χ2v) is 3.54. The van der Waals surface area contributed by atoms with E-state index in [9.17, 15) is 4.79 Å². The van der Waals surface area contributed by atoms with E-state index in [-0.39, 0.29) is 12.0 Å². The van der Waals surface area contributed by atoms with Crippen molar-refractivity contribution in [2.75, 3.05) is 12.1 Å². The zero-order chi connectivity index (χ0) is 10.8. The molecule has 0 unspecified atom stereocenters. The number of ether oxygens (including phenoxy) is 1. The minimum Gasteiger partial charge on any atom is -0.358 e. The summed E-state index contributed by atoms with van der Waals surface area (Å²) in [5, 5.41) is 8.71. The fraction of sp³-hybridized carbons (Fsp3) is 0.556. The lowest BCUT2D eigenvalue weighted by Gasteiger charge is -2.14. The van der Waals surface area contributed by atoms with Gasteiger partial charge < -0.3 is 4.74 Å². The Morgan fingerprint density at radius 2 is 2.53 bits per heavy atom. The Kier molecular flexibility index (Phi) is 2.70. The molecule has 1 atom stereocenters. The van der Waals surface area contributed by atoms with E-state index in [2.05, 4.69) is 4.98 Å². The minimum atomic E-state index is -0.413. The van der Waals surface area contributed by atoms with Crippen molar-refractivity contribution in [3.05, 3.63) is 22.2 Å². The molecule has 1 fully saturated rings. The Morgan fingerprint density at radius 3 is 3.13 bits per heavy atom. The first-order valence-corrected chi connectivity index (χ1v) is 4.84. The lowest BCUT2D eigenvalue weighted by atomic mass is 10.3. The van der Waals surface area contributed by atoms with Gasteiger partial charge in [0.25, 0.3) is 0 Å². The van der Waals surface area contributed by atoms with Crippen molar-refractivity contribution in [3.8, 4) is 0 Å². The predicted molar refractivity (Wildman–Crippen MR) is 52.9 cm³/mol. The van der Waals surface area contributed by atoms with Crippen LogP contribution in [0.5, 0.6) is 0 Å². The molecule has 1 aliphatic rings. The maximum absolute atomic E-state index is 11.6. The van der Waals surface area contributed by atoms with E-state index >= 15 is 0 Å². The molecule has 0 saturated carbocycles. The number of hydrogen-bond donors (Lipinski definition) is 2. The van der Waals surface area contributed by atoms with Gasteiger partial charge in [-0.1, -0.05) is 0 Å². The highest BCUT2D eigenvalue weighted by molar-refractivity contribution is 5.38. The predicted octanol–water partition coefficient (Wildman–Crippen LogP) is 0.662. The van der Waals surface area contributed by atoms with Gasteiger partial charge in [-0.05, 0) is 19.8 Å². The number of nitrogens with zero attached hydrogens (tertiary/aromatic N) is 2. The van der Waals surface area contributed by atoms with Gasteiger partial charge in [0.15, 0.2) is 5.82 Å². The van der Waals surface area contributed by atoms with Crippen molar-refractivity contribution in [1.82, 2.24) is 9.55 Å². The molecular weight excluding hydrogens is 198 g/mol. The van der Waals surface area contributed by atoms with Crippen LogP contribution in [0.3, 0.4) is 0 Å². The summed E-state index contributed by atoms with van der Waals surface area (Å²) in [6.45, 7) is 2.44. The number of hydrogen-bond acceptors (Lipinski definition) is 5. The zero-order valence-corrected chi connectivity index (χ0v) is 8.43. The standard InChI is InChI=1S/C9H13N3O3/c1-6-5-12(7-3-2-4-15-7)9(13)10-8(6)11-14/h5,7,14H,2-4H2,1H3,(H,10,11,13)/t7-/m1/s1. The summed E-state index contributed by atoms with van der Waals surface area (Å²) in [4.78, 5) is 15.3. The van der Waals surface area contributed by atoms with Gasteiger partial charge in [0.2, 0.25) is 0 Å². The van der Waals surface area contributed by atoms with Gasteiger partial charge >= 0.3 is 5.69 Å². The molecule has 6 heteroatoms. The third-order valence-electron chi connectivity index (χ3n) is 2.46. The summed E-state index contributed by atoms with van der Waals surface area (Å²) in [5.74, 6) is 0.189. The van der Waals surface area contributed by atoms with E-state index in [0.29, 0.717) is 12.2 Å². The van der Waals surface area contributed by atoms with Crippen LogP contribution >= 0.6 is 0 Å².